The monoisotopic (exact) mass is 458 g/mol. The first kappa shape index (κ1) is 22.3. The molecule has 2 aromatic carbocycles. The number of nitrogens with zero attached hydrogens (tertiary/aromatic N) is 2. The number of benzene rings is 2. The number of carbonyl (C=O) groups excluding carboxylic acids is 2. The summed E-state index contributed by atoms with van der Waals surface area (Å²) in [5, 5.41) is 6.50. The molecule has 0 bridgehead atoms. The zero-order chi connectivity index (χ0) is 23.7. The molecule has 1 fully saturated rings. The Labute approximate surface area is 198 Å². The SMILES string of the molecule is CC(NC(=O)c1ccc2c(=O)n3c(nc2c1)CCCCCC3)c1ccc(NC(=O)C2CC2)cc1. The first-order valence-corrected chi connectivity index (χ1v) is 12.2. The average molecular weight is 459 g/mol. The molecule has 7 heteroatoms. The Balaban J connectivity index is 1.31. The Morgan fingerprint density at radius 2 is 1.79 bits per heavy atom. The van der Waals surface area contributed by atoms with E-state index in [1.165, 1.54) is 0 Å². The van der Waals surface area contributed by atoms with E-state index in [4.69, 9.17) is 4.98 Å². The maximum atomic E-state index is 13.0. The summed E-state index contributed by atoms with van der Waals surface area (Å²) in [6, 6.07) is 12.5. The largest absolute Gasteiger partial charge is 0.346 e. The zero-order valence-electron chi connectivity index (χ0n) is 19.5. The second kappa shape index (κ2) is 9.41. The minimum Gasteiger partial charge on any atom is -0.346 e. The number of hydrogen-bond donors (Lipinski definition) is 2. The lowest BCUT2D eigenvalue weighted by Gasteiger charge is -2.17. The van der Waals surface area contributed by atoms with Crippen molar-refractivity contribution in [2.75, 3.05) is 5.32 Å². The van der Waals surface area contributed by atoms with E-state index in [1.54, 1.807) is 22.8 Å². The Morgan fingerprint density at radius 1 is 1.03 bits per heavy atom. The normalized spacial score (nSPS) is 16.7. The van der Waals surface area contributed by atoms with Gasteiger partial charge in [0, 0.05) is 30.1 Å². The number of hydrogen-bond acceptors (Lipinski definition) is 4. The molecule has 176 valence electrons. The average Bonchev–Trinajstić information content (AvgIpc) is 3.66. The van der Waals surface area contributed by atoms with E-state index in [-0.39, 0.29) is 29.3 Å². The van der Waals surface area contributed by atoms with Crippen LogP contribution in [-0.4, -0.2) is 21.4 Å². The summed E-state index contributed by atoms with van der Waals surface area (Å²) in [6.45, 7) is 2.63. The number of fused-ring (bicyclic) bond motifs is 2. The van der Waals surface area contributed by atoms with Crippen molar-refractivity contribution >= 4 is 28.4 Å². The third-order valence-electron chi connectivity index (χ3n) is 6.80. The van der Waals surface area contributed by atoms with Crippen molar-refractivity contribution in [3.05, 3.63) is 69.8 Å². The summed E-state index contributed by atoms with van der Waals surface area (Å²) in [5.74, 6) is 0.835. The number of aromatic nitrogens is 2. The van der Waals surface area contributed by atoms with Gasteiger partial charge in [0.1, 0.15) is 5.82 Å². The number of rotatable bonds is 5. The molecule has 1 aliphatic carbocycles. The van der Waals surface area contributed by atoms with Crippen molar-refractivity contribution in [3.8, 4) is 0 Å². The quantitative estimate of drug-likeness (QED) is 0.594. The second-order valence-corrected chi connectivity index (χ2v) is 9.46. The van der Waals surface area contributed by atoms with Gasteiger partial charge < -0.3 is 10.6 Å². The Bertz CT molecular complexity index is 1290. The van der Waals surface area contributed by atoms with Gasteiger partial charge in [0.15, 0.2) is 0 Å². The van der Waals surface area contributed by atoms with Crippen molar-refractivity contribution in [3.63, 3.8) is 0 Å². The lowest BCUT2D eigenvalue weighted by Crippen LogP contribution is -2.28. The van der Waals surface area contributed by atoms with Crippen molar-refractivity contribution in [2.45, 2.75) is 64.5 Å². The molecule has 2 N–H and O–H groups in total. The van der Waals surface area contributed by atoms with Gasteiger partial charge in [-0.2, -0.15) is 0 Å². The summed E-state index contributed by atoms with van der Waals surface area (Å²) in [4.78, 5) is 42.7. The predicted molar refractivity (Wildman–Crippen MR) is 132 cm³/mol. The van der Waals surface area contributed by atoms with E-state index in [9.17, 15) is 14.4 Å². The van der Waals surface area contributed by atoms with E-state index in [0.717, 1.165) is 62.0 Å². The third kappa shape index (κ3) is 4.74. The van der Waals surface area contributed by atoms with Crippen molar-refractivity contribution in [1.29, 1.82) is 0 Å². The van der Waals surface area contributed by atoms with Crippen LogP contribution in [0.15, 0.2) is 47.3 Å². The van der Waals surface area contributed by atoms with E-state index in [2.05, 4.69) is 10.6 Å². The molecule has 0 radical (unpaired) electrons. The summed E-state index contributed by atoms with van der Waals surface area (Å²) in [5.41, 5.74) is 2.75. The number of nitrogens with one attached hydrogen (secondary N) is 2. The van der Waals surface area contributed by atoms with Crippen LogP contribution in [-0.2, 0) is 17.8 Å². The Hall–Kier alpha value is -3.48. The molecule has 2 heterocycles. The summed E-state index contributed by atoms with van der Waals surface area (Å²) < 4.78 is 1.81. The van der Waals surface area contributed by atoms with Gasteiger partial charge in [-0.1, -0.05) is 25.0 Å². The van der Waals surface area contributed by atoms with Crippen LogP contribution in [0.2, 0.25) is 0 Å². The molecule has 1 saturated carbocycles. The molecule has 1 atom stereocenters. The Morgan fingerprint density at radius 3 is 2.56 bits per heavy atom. The fraction of sp³-hybridized carbons (Fsp3) is 0.407. The van der Waals surface area contributed by atoms with Crippen molar-refractivity contribution in [1.82, 2.24) is 14.9 Å². The zero-order valence-corrected chi connectivity index (χ0v) is 19.5. The molecule has 34 heavy (non-hydrogen) atoms. The molecule has 5 rings (SSSR count). The van der Waals surface area contributed by atoms with Crippen LogP contribution < -0.4 is 16.2 Å². The minimum atomic E-state index is -0.217. The standard InChI is InChI=1S/C27H30N4O3/c1-17(18-9-12-21(13-10-18)29-25(32)19-7-8-19)28-26(33)20-11-14-22-23(16-20)30-24-6-4-2-3-5-15-31(24)27(22)34/h9-14,16-17,19H,2-8,15H2,1H3,(H,28,33)(H,29,32). The van der Waals surface area contributed by atoms with Gasteiger partial charge in [-0.15, -0.1) is 0 Å². The van der Waals surface area contributed by atoms with Crippen LogP contribution in [0.25, 0.3) is 10.9 Å². The summed E-state index contributed by atoms with van der Waals surface area (Å²) in [7, 11) is 0. The highest BCUT2D eigenvalue weighted by atomic mass is 16.2. The summed E-state index contributed by atoms with van der Waals surface area (Å²) in [6.07, 6.45) is 7.03. The lowest BCUT2D eigenvalue weighted by molar-refractivity contribution is -0.117. The van der Waals surface area contributed by atoms with Gasteiger partial charge in [0.2, 0.25) is 5.91 Å². The Kier molecular flexibility index (Phi) is 6.18. The first-order valence-electron chi connectivity index (χ1n) is 12.2. The lowest BCUT2D eigenvalue weighted by atomic mass is 10.1. The maximum absolute atomic E-state index is 13.0. The highest BCUT2D eigenvalue weighted by Crippen LogP contribution is 2.30. The maximum Gasteiger partial charge on any atom is 0.261 e. The molecule has 1 aliphatic heterocycles. The number of carbonyl (C=O) groups is 2. The first-order chi connectivity index (χ1) is 16.5. The van der Waals surface area contributed by atoms with Gasteiger partial charge >= 0.3 is 0 Å². The van der Waals surface area contributed by atoms with Crippen LogP contribution in [0.5, 0.6) is 0 Å². The predicted octanol–water partition coefficient (Wildman–Crippen LogP) is 4.35. The van der Waals surface area contributed by atoms with Crippen molar-refractivity contribution in [2.24, 2.45) is 5.92 Å². The van der Waals surface area contributed by atoms with Gasteiger partial charge in [-0.25, -0.2) is 4.98 Å². The van der Waals surface area contributed by atoms with Crippen LogP contribution in [0.3, 0.4) is 0 Å². The minimum absolute atomic E-state index is 0.0175. The summed E-state index contributed by atoms with van der Waals surface area (Å²) >= 11 is 0. The van der Waals surface area contributed by atoms with Crippen LogP contribution in [0.4, 0.5) is 5.69 Å². The van der Waals surface area contributed by atoms with E-state index in [0.29, 0.717) is 23.0 Å². The van der Waals surface area contributed by atoms with Crippen LogP contribution >= 0.6 is 0 Å². The molecule has 2 amide bonds. The molecule has 1 aromatic heterocycles. The number of anilines is 1. The molecule has 0 spiro atoms. The van der Waals surface area contributed by atoms with E-state index < -0.39 is 0 Å². The molecule has 2 aliphatic rings. The van der Waals surface area contributed by atoms with E-state index >= 15 is 0 Å². The highest BCUT2D eigenvalue weighted by Gasteiger charge is 2.29. The fourth-order valence-corrected chi connectivity index (χ4v) is 4.54. The fourth-order valence-electron chi connectivity index (χ4n) is 4.54. The van der Waals surface area contributed by atoms with Gasteiger partial charge in [0.25, 0.3) is 11.5 Å². The molecule has 3 aromatic rings. The third-order valence-corrected chi connectivity index (χ3v) is 6.80. The van der Waals surface area contributed by atoms with Gasteiger partial charge in [0.05, 0.1) is 16.9 Å². The smallest absolute Gasteiger partial charge is 0.261 e. The number of amides is 2. The van der Waals surface area contributed by atoms with Crippen LogP contribution in [0.1, 0.15) is 73.2 Å². The molecular weight excluding hydrogens is 428 g/mol. The van der Waals surface area contributed by atoms with Gasteiger partial charge in [-0.3, -0.25) is 19.0 Å². The highest BCUT2D eigenvalue weighted by molar-refractivity contribution is 5.98. The molecule has 0 saturated heterocycles. The van der Waals surface area contributed by atoms with Crippen molar-refractivity contribution < 1.29 is 9.59 Å². The second-order valence-electron chi connectivity index (χ2n) is 9.46. The molecule has 1 unspecified atom stereocenters. The van der Waals surface area contributed by atoms with Crippen LogP contribution in [0, 0.1) is 5.92 Å². The molecule has 7 nitrogen and oxygen atoms in total. The van der Waals surface area contributed by atoms with Gasteiger partial charge in [-0.05, 0) is 68.5 Å². The number of aryl methyl sites for hydroxylation is 1. The van der Waals surface area contributed by atoms with E-state index in [1.807, 2.05) is 31.2 Å². The molecular formula is C27H30N4O3. The topological polar surface area (TPSA) is 93.1 Å².